The molecule has 2 aromatic heterocycles. The molecule has 2 aliphatic rings. The van der Waals surface area contributed by atoms with Gasteiger partial charge in [0.15, 0.2) is 15.5 Å². The average Bonchev–Trinajstić information content (AvgIpc) is 3.56. The van der Waals surface area contributed by atoms with E-state index in [1.165, 1.54) is 6.26 Å². The molecule has 10 heteroatoms. The molecule has 2 fully saturated rings. The minimum atomic E-state index is -3.50. The highest BCUT2D eigenvalue weighted by Gasteiger charge is 2.30. The number of imidazole rings is 1. The highest BCUT2D eigenvalue weighted by Crippen LogP contribution is 2.35. The maximum absolute atomic E-state index is 12.7. The molecule has 9 nitrogen and oxygen atoms in total. The third kappa shape index (κ3) is 4.72. The van der Waals surface area contributed by atoms with Crippen LogP contribution in [0.1, 0.15) is 43.0 Å². The fraction of sp³-hybridized carbons (Fsp3) is 0.435. The predicted molar refractivity (Wildman–Crippen MR) is 126 cm³/mol. The quantitative estimate of drug-likeness (QED) is 0.503. The Morgan fingerprint density at radius 2 is 1.85 bits per heavy atom. The number of nitrogens with one attached hydrogen (secondary N) is 3. The van der Waals surface area contributed by atoms with Crippen LogP contribution in [0.4, 0.5) is 17.2 Å². The zero-order valence-corrected chi connectivity index (χ0v) is 19.5. The van der Waals surface area contributed by atoms with Gasteiger partial charge >= 0.3 is 0 Å². The first-order valence-corrected chi connectivity index (χ1v) is 13.0. The van der Waals surface area contributed by atoms with Crippen molar-refractivity contribution in [3.8, 4) is 0 Å². The van der Waals surface area contributed by atoms with Gasteiger partial charge in [-0.15, -0.1) is 0 Å². The van der Waals surface area contributed by atoms with Crippen molar-refractivity contribution in [3.63, 3.8) is 0 Å². The van der Waals surface area contributed by atoms with Crippen LogP contribution >= 0.6 is 0 Å². The Morgan fingerprint density at radius 3 is 2.55 bits per heavy atom. The second-order valence-corrected chi connectivity index (χ2v) is 10.9. The second kappa shape index (κ2) is 8.42. The molecule has 1 aromatic carbocycles. The third-order valence-corrected chi connectivity index (χ3v) is 7.27. The number of aromatic amines is 1. The van der Waals surface area contributed by atoms with Crippen molar-refractivity contribution >= 4 is 44.1 Å². The summed E-state index contributed by atoms with van der Waals surface area (Å²) < 4.78 is 30.8. The number of carbonyl (C=O) groups is 1. The van der Waals surface area contributed by atoms with Gasteiger partial charge in [-0.2, -0.15) is 0 Å². The summed E-state index contributed by atoms with van der Waals surface area (Å²) in [5.74, 6) is 1.33. The summed E-state index contributed by atoms with van der Waals surface area (Å²) in [5.41, 5.74) is 3.12. The highest BCUT2D eigenvalue weighted by atomic mass is 32.2. The van der Waals surface area contributed by atoms with Gasteiger partial charge in [0.1, 0.15) is 17.2 Å². The fourth-order valence-electron chi connectivity index (χ4n) is 4.22. The van der Waals surface area contributed by atoms with Crippen LogP contribution in [0, 0.1) is 12.8 Å². The number of amides is 1. The largest absolute Gasteiger partial charge is 0.381 e. The highest BCUT2D eigenvalue weighted by molar-refractivity contribution is 7.90. The summed E-state index contributed by atoms with van der Waals surface area (Å²) in [4.78, 5) is 24.6. The van der Waals surface area contributed by atoms with E-state index in [9.17, 15) is 13.2 Å². The first-order chi connectivity index (χ1) is 15.8. The number of nitrogens with zero attached hydrogens (tertiary/aromatic N) is 2. The molecule has 0 atom stereocenters. The summed E-state index contributed by atoms with van der Waals surface area (Å²) >= 11 is 0. The van der Waals surface area contributed by atoms with Crippen molar-refractivity contribution < 1.29 is 17.9 Å². The molecule has 1 saturated carbocycles. The van der Waals surface area contributed by atoms with Crippen LogP contribution in [0.5, 0.6) is 0 Å². The van der Waals surface area contributed by atoms with Crippen molar-refractivity contribution in [2.24, 2.45) is 5.92 Å². The van der Waals surface area contributed by atoms with Gasteiger partial charge in [0.05, 0.1) is 16.3 Å². The lowest BCUT2D eigenvalue weighted by atomic mass is 9.91. The number of aryl methyl sites for hydroxylation is 1. The van der Waals surface area contributed by atoms with Gasteiger partial charge in [-0.25, -0.2) is 18.4 Å². The number of ether oxygens (including phenoxy) is 1. The zero-order chi connectivity index (χ0) is 23.2. The van der Waals surface area contributed by atoms with Crippen molar-refractivity contribution in [2.75, 3.05) is 30.1 Å². The molecule has 1 aliphatic heterocycles. The van der Waals surface area contributed by atoms with Crippen LogP contribution in [-0.4, -0.2) is 48.7 Å². The monoisotopic (exact) mass is 469 g/mol. The number of aromatic nitrogens is 3. The van der Waals surface area contributed by atoms with Gasteiger partial charge in [0.25, 0.3) is 0 Å². The maximum Gasteiger partial charge on any atom is 0.228 e. The number of benzene rings is 1. The number of fused-ring (bicyclic) bond motifs is 1. The lowest BCUT2D eigenvalue weighted by Crippen LogP contribution is -2.15. The molecule has 0 unspecified atom stereocenters. The van der Waals surface area contributed by atoms with E-state index in [1.807, 2.05) is 13.0 Å². The zero-order valence-electron chi connectivity index (χ0n) is 18.6. The number of pyridine rings is 1. The van der Waals surface area contributed by atoms with E-state index in [2.05, 4.69) is 25.6 Å². The SMILES string of the molecule is Cc1nc2c(Nc3ccc(C4CCOCC4)cc3S(C)(=O)=O)cc(NC(=O)C3CC3)nc2[nH]1. The molecule has 0 radical (unpaired) electrons. The summed E-state index contributed by atoms with van der Waals surface area (Å²) in [6.45, 7) is 3.18. The summed E-state index contributed by atoms with van der Waals surface area (Å²) in [6.07, 6.45) is 4.73. The van der Waals surface area contributed by atoms with E-state index in [-0.39, 0.29) is 22.6 Å². The van der Waals surface area contributed by atoms with E-state index < -0.39 is 9.84 Å². The Hall–Kier alpha value is -2.98. The first kappa shape index (κ1) is 21.8. The molecule has 33 heavy (non-hydrogen) atoms. The van der Waals surface area contributed by atoms with Crippen molar-refractivity contribution in [1.29, 1.82) is 0 Å². The molecule has 174 valence electrons. The fourth-order valence-corrected chi connectivity index (χ4v) is 5.09. The van der Waals surface area contributed by atoms with Crippen LogP contribution in [0.15, 0.2) is 29.2 Å². The molecule has 3 heterocycles. The molecule has 0 spiro atoms. The van der Waals surface area contributed by atoms with E-state index in [0.717, 1.165) is 31.2 Å². The second-order valence-electron chi connectivity index (χ2n) is 8.88. The van der Waals surface area contributed by atoms with Gasteiger partial charge in [0.2, 0.25) is 5.91 Å². The molecular formula is C23H27N5O4S. The lowest BCUT2D eigenvalue weighted by Gasteiger charge is -2.23. The van der Waals surface area contributed by atoms with E-state index in [0.29, 0.717) is 47.4 Å². The molecule has 3 N–H and O–H groups in total. The Balaban J connectivity index is 1.53. The normalized spacial score (nSPS) is 17.3. The van der Waals surface area contributed by atoms with Crippen LogP contribution in [0.3, 0.4) is 0 Å². The van der Waals surface area contributed by atoms with E-state index in [4.69, 9.17) is 4.74 Å². The lowest BCUT2D eigenvalue weighted by molar-refractivity contribution is -0.117. The Bertz CT molecular complexity index is 1320. The smallest absolute Gasteiger partial charge is 0.228 e. The molecule has 5 rings (SSSR count). The minimum Gasteiger partial charge on any atom is -0.381 e. The summed E-state index contributed by atoms with van der Waals surface area (Å²) in [6, 6.07) is 7.23. The molecule has 1 saturated heterocycles. The summed E-state index contributed by atoms with van der Waals surface area (Å²) in [5, 5.41) is 6.11. The molecule has 0 bridgehead atoms. The third-order valence-electron chi connectivity index (χ3n) is 6.14. The Kier molecular flexibility index (Phi) is 5.57. The molecule has 1 aliphatic carbocycles. The number of sulfone groups is 1. The number of H-pyrrole nitrogens is 1. The summed E-state index contributed by atoms with van der Waals surface area (Å²) in [7, 11) is -3.50. The van der Waals surface area contributed by atoms with Crippen molar-refractivity contribution in [2.45, 2.75) is 43.4 Å². The van der Waals surface area contributed by atoms with Crippen LogP contribution in [0.2, 0.25) is 0 Å². The van der Waals surface area contributed by atoms with Crippen LogP contribution in [-0.2, 0) is 19.4 Å². The van der Waals surface area contributed by atoms with Crippen LogP contribution < -0.4 is 10.6 Å². The van der Waals surface area contributed by atoms with E-state index >= 15 is 0 Å². The van der Waals surface area contributed by atoms with Crippen molar-refractivity contribution in [1.82, 2.24) is 15.0 Å². The van der Waals surface area contributed by atoms with Crippen molar-refractivity contribution in [3.05, 3.63) is 35.7 Å². The van der Waals surface area contributed by atoms with Gasteiger partial charge < -0.3 is 20.4 Å². The number of rotatable bonds is 6. The number of carbonyl (C=O) groups excluding carboxylic acids is 1. The van der Waals surface area contributed by atoms with Gasteiger partial charge in [-0.1, -0.05) is 6.07 Å². The maximum atomic E-state index is 12.7. The first-order valence-electron chi connectivity index (χ1n) is 11.1. The number of hydrogen-bond acceptors (Lipinski definition) is 7. The van der Waals surface area contributed by atoms with Crippen LogP contribution in [0.25, 0.3) is 11.2 Å². The molecular weight excluding hydrogens is 442 g/mol. The minimum absolute atomic E-state index is 0.0389. The van der Waals surface area contributed by atoms with Gasteiger partial charge in [-0.05, 0) is 56.2 Å². The Labute approximate surface area is 192 Å². The topological polar surface area (TPSA) is 126 Å². The molecule has 3 aromatic rings. The number of anilines is 3. The number of hydrogen-bond donors (Lipinski definition) is 3. The standard InChI is InChI=1S/C23H27N5O4S/c1-13-24-21-18(12-20(27-22(21)25-13)28-23(29)15-3-4-15)26-17-6-5-16(11-19(17)33(2,30)31)14-7-9-32-10-8-14/h5-6,11-12,14-15H,3-4,7-10H2,1-2H3,(H3,24,25,26,27,28,29). The molecule has 1 amide bonds. The predicted octanol–water partition coefficient (Wildman–Crippen LogP) is 3.66. The van der Waals surface area contributed by atoms with Gasteiger partial charge in [-0.3, -0.25) is 4.79 Å². The Morgan fingerprint density at radius 1 is 1.09 bits per heavy atom. The average molecular weight is 470 g/mol. The van der Waals surface area contributed by atoms with E-state index in [1.54, 1.807) is 18.2 Å². The van der Waals surface area contributed by atoms with Gasteiger partial charge in [0, 0.05) is 31.5 Å².